The Morgan fingerprint density at radius 1 is 1.23 bits per heavy atom. The number of benzene rings is 1. The summed E-state index contributed by atoms with van der Waals surface area (Å²) in [5, 5.41) is 3.36. The molecule has 138 valence electrons. The van der Waals surface area contributed by atoms with Gasteiger partial charge in [0.05, 0.1) is 6.10 Å². The maximum atomic E-state index is 12.8. The molecule has 1 aliphatic heterocycles. The number of carbonyl (C=O) groups excluding carboxylic acids is 1. The normalized spacial score (nSPS) is 17.1. The highest BCUT2D eigenvalue weighted by atomic mass is 16.5. The summed E-state index contributed by atoms with van der Waals surface area (Å²) in [6.45, 7) is 5.12. The van der Waals surface area contributed by atoms with Crippen molar-refractivity contribution in [1.29, 1.82) is 0 Å². The summed E-state index contributed by atoms with van der Waals surface area (Å²) in [5.41, 5.74) is 2.91. The van der Waals surface area contributed by atoms with E-state index >= 15 is 0 Å². The first-order chi connectivity index (χ1) is 12.8. The van der Waals surface area contributed by atoms with Crippen LogP contribution in [-0.2, 0) is 11.3 Å². The van der Waals surface area contributed by atoms with Crippen LogP contribution in [0.25, 0.3) is 0 Å². The van der Waals surface area contributed by atoms with E-state index in [1.807, 2.05) is 41.3 Å². The second kappa shape index (κ2) is 9.34. The second-order valence-corrected chi connectivity index (χ2v) is 6.67. The first-order valence-corrected chi connectivity index (χ1v) is 9.40. The zero-order chi connectivity index (χ0) is 18.2. The lowest BCUT2D eigenvalue weighted by atomic mass is 10.1. The van der Waals surface area contributed by atoms with Gasteiger partial charge in [0.15, 0.2) is 0 Å². The Labute approximate surface area is 155 Å². The third-order valence-corrected chi connectivity index (χ3v) is 4.60. The van der Waals surface area contributed by atoms with Gasteiger partial charge in [-0.05, 0) is 61.2 Å². The fourth-order valence-corrected chi connectivity index (χ4v) is 3.16. The van der Waals surface area contributed by atoms with Gasteiger partial charge in [-0.15, -0.1) is 0 Å². The van der Waals surface area contributed by atoms with E-state index < -0.39 is 0 Å². The molecule has 0 aliphatic carbocycles. The van der Waals surface area contributed by atoms with E-state index in [1.165, 1.54) is 5.56 Å². The van der Waals surface area contributed by atoms with E-state index in [9.17, 15) is 4.79 Å². The maximum Gasteiger partial charge on any atom is 0.253 e. The van der Waals surface area contributed by atoms with Crippen LogP contribution in [0, 0.1) is 0 Å². The fraction of sp³-hybridized carbons (Fsp3) is 0.429. The molecule has 26 heavy (non-hydrogen) atoms. The molecule has 3 rings (SSSR count). The first kappa shape index (κ1) is 18.4. The van der Waals surface area contributed by atoms with Gasteiger partial charge in [0.2, 0.25) is 0 Å². The highest BCUT2D eigenvalue weighted by molar-refractivity contribution is 5.94. The van der Waals surface area contributed by atoms with Crippen LogP contribution in [0.3, 0.4) is 0 Å². The molecule has 1 fully saturated rings. The number of nitrogens with zero attached hydrogens (tertiary/aromatic N) is 2. The van der Waals surface area contributed by atoms with Crippen molar-refractivity contribution in [2.45, 2.75) is 38.8 Å². The monoisotopic (exact) mass is 353 g/mol. The highest BCUT2D eigenvalue weighted by Crippen LogP contribution is 2.18. The van der Waals surface area contributed by atoms with Crippen LogP contribution in [0.15, 0.2) is 48.8 Å². The maximum absolute atomic E-state index is 12.8. The predicted octanol–water partition coefficient (Wildman–Crippen LogP) is 3.72. The molecule has 0 spiro atoms. The summed E-state index contributed by atoms with van der Waals surface area (Å²) < 4.78 is 5.83. The van der Waals surface area contributed by atoms with Gasteiger partial charge < -0.3 is 15.0 Å². The van der Waals surface area contributed by atoms with Gasteiger partial charge in [-0.3, -0.25) is 9.78 Å². The number of ether oxygens (including phenoxy) is 1. The number of carbonyl (C=O) groups is 1. The molecule has 1 aromatic carbocycles. The molecule has 1 aliphatic rings. The molecule has 0 bridgehead atoms. The number of hydrogen-bond acceptors (Lipinski definition) is 4. The summed E-state index contributed by atoms with van der Waals surface area (Å²) in [7, 11) is 0. The van der Waals surface area contributed by atoms with E-state index in [4.69, 9.17) is 4.74 Å². The summed E-state index contributed by atoms with van der Waals surface area (Å²) in [6.07, 6.45) is 6.81. The quantitative estimate of drug-likeness (QED) is 0.824. The smallest absolute Gasteiger partial charge is 0.253 e. The number of anilines is 1. The topological polar surface area (TPSA) is 54.5 Å². The summed E-state index contributed by atoms with van der Waals surface area (Å²) >= 11 is 0. The summed E-state index contributed by atoms with van der Waals surface area (Å²) in [5.74, 6) is 0.0930. The number of aromatic nitrogens is 1. The van der Waals surface area contributed by atoms with Crippen molar-refractivity contribution in [1.82, 2.24) is 9.88 Å². The number of nitrogens with one attached hydrogen (secondary N) is 1. The Kier molecular flexibility index (Phi) is 6.61. The Balaban J connectivity index is 1.54. The molecule has 2 aromatic rings. The molecule has 2 heterocycles. The van der Waals surface area contributed by atoms with Crippen molar-refractivity contribution < 1.29 is 9.53 Å². The number of piperidine rings is 1. The number of rotatable bonds is 7. The van der Waals surface area contributed by atoms with Crippen molar-refractivity contribution in [3.8, 4) is 0 Å². The Morgan fingerprint density at radius 3 is 2.73 bits per heavy atom. The number of likely N-dealkylation sites (tertiary alicyclic amines) is 1. The van der Waals surface area contributed by atoms with Crippen molar-refractivity contribution >= 4 is 11.6 Å². The standard InChI is InChI=1S/C21H27N3O2/c1-2-14-26-20-4-3-13-24(16-20)21(25)18-5-7-19(8-6-18)23-15-17-9-11-22-12-10-17/h5-12,20,23H,2-4,13-16H2,1H3. The lowest BCUT2D eigenvalue weighted by Crippen LogP contribution is -2.43. The van der Waals surface area contributed by atoms with Crippen molar-refractivity contribution in [2.75, 3.05) is 25.0 Å². The number of pyridine rings is 1. The van der Waals surface area contributed by atoms with Gasteiger partial charge in [-0.25, -0.2) is 0 Å². The Hall–Kier alpha value is -2.40. The van der Waals surface area contributed by atoms with Crippen LogP contribution in [0.5, 0.6) is 0 Å². The third-order valence-electron chi connectivity index (χ3n) is 4.60. The van der Waals surface area contributed by atoms with Crippen molar-refractivity contribution in [2.24, 2.45) is 0 Å². The number of amides is 1. The first-order valence-electron chi connectivity index (χ1n) is 9.40. The molecular weight excluding hydrogens is 326 g/mol. The van der Waals surface area contributed by atoms with Gasteiger partial charge in [0, 0.05) is 49.9 Å². The lowest BCUT2D eigenvalue weighted by Gasteiger charge is -2.32. The minimum atomic E-state index is 0.0930. The molecule has 1 saturated heterocycles. The van der Waals surface area contributed by atoms with Crippen molar-refractivity contribution in [3.63, 3.8) is 0 Å². The molecule has 1 N–H and O–H groups in total. The van der Waals surface area contributed by atoms with E-state index in [0.717, 1.165) is 50.2 Å². The van der Waals surface area contributed by atoms with Crippen LogP contribution in [-0.4, -0.2) is 41.6 Å². The van der Waals surface area contributed by atoms with Gasteiger partial charge in [-0.1, -0.05) is 6.92 Å². The zero-order valence-electron chi connectivity index (χ0n) is 15.4. The molecule has 1 atom stereocenters. The summed E-state index contributed by atoms with van der Waals surface area (Å²) in [4.78, 5) is 18.7. The highest BCUT2D eigenvalue weighted by Gasteiger charge is 2.24. The molecule has 1 amide bonds. The molecule has 0 saturated carbocycles. The van der Waals surface area contributed by atoms with Crippen LogP contribution in [0.4, 0.5) is 5.69 Å². The van der Waals surface area contributed by atoms with E-state index in [2.05, 4.69) is 17.2 Å². The van der Waals surface area contributed by atoms with Gasteiger partial charge in [-0.2, -0.15) is 0 Å². The Bertz CT molecular complexity index is 688. The van der Waals surface area contributed by atoms with Crippen LogP contribution in [0.2, 0.25) is 0 Å². The van der Waals surface area contributed by atoms with Crippen LogP contribution < -0.4 is 5.32 Å². The van der Waals surface area contributed by atoms with E-state index in [-0.39, 0.29) is 12.0 Å². The van der Waals surface area contributed by atoms with Crippen LogP contribution >= 0.6 is 0 Å². The fourth-order valence-electron chi connectivity index (χ4n) is 3.16. The molecule has 0 radical (unpaired) electrons. The van der Waals surface area contributed by atoms with Crippen LogP contribution in [0.1, 0.15) is 42.1 Å². The zero-order valence-corrected chi connectivity index (χ0v) is 15.4. The minimum Gasteiger partial charge on any atom is -0.381 e. The molecule has 5 nitrogen and oxygen atoms in total. The third kappa shape index (κ3) is 5.05. The molecule has 1 unspecified atom stereocenters. The average molecular weight is 353 g/mol. The lowest BCUT2D eigenvalue weighted by molar-refractivity contribution is 0.00211. The SMILES string of the molecule is CCCOC1CCCN(C(=O)c2ccc(NCc3ccncc3)cc2)C1. The van der Waals surface area contributed by atoms with Gasteiger partial charge in [0.1, 0.15) is 0 Å². The van der Waals surface area contributed by atoms with E-state index in [1.54, 1.807) is 12.4 Å². The van der Waals surface area contributed by atoms with Gasteiger partial charge >= 0.3 is 0 Å². The molecule has 1 aromatic heterocycles. The predicted molar refractivity (Wildman–Crippen MR) is 103 cm³/mol. The van der Waals surface area contributed by atoms with Crippen molar-refractivity contribution in [3.05, 3.63) is 59.9 Å². The Morgan fingerprint density at radius 2 is 2.00 bits per heavy atom. The minimum absolute atomic E-state index is 0.0930. The van der Waals surface area contributed by atoms with E-state index in [0.29, 0.717) is 6.54 Å². The van der Waals surface area contributed by atoms with Gasteiger partial charge in [0.25, 0.3) is 5.91 Å². The number of hydrogen-bond donors (Lipinski definition) is 1. The molecular formula is C21H27N3O2. The molecule has 5 heteroatoms. The summed E-state index contributed by atoms with van der Waals surface area (Å²) in [6, 6.07) is 11.7. The largest absolute Gasteiger partial charge is 0.381 e. The second-order valence-electron chi connectivity index (χ2n) is 6.67. The average Bonchev–Trinajstić information content (AvgIpc) is 2.71.